The van der Waals surface area contributed by atoms with Crippen LogP contribution in [0.1, 0.15) is 36.7 Å². The summed E-state index contributed by atoms with van der Waals surface area (Å²) in [5.41, 5.74) is 8.97. The van der Waals surface area contributed by atoms with Gasteiger partial charge in [0.05, 0.1) is 12.2 Å². The number of aromatic nitrogens is 2. The number of aliphatic hydroxyl groups excluding tert-OH is 1. The summed E-state index contributed by atoms with van der Waals surface area (Å²) in [6.45, 7) is 3.58. The Hall–Kier alpha value is -1.56. The van der Waals surface area contributed by atoms with E-state index in [1.165, 1.54) is 11.3 Å². The van der Waals surface area contributed by atoms with Crippen molar-refractivity contribution in [2.24, 2.45) is 11.7 Å². The van der Waals surface area contributed by atoms with Gasteiger partial charge in [0.2, 0.25) is 0 Å². The minimum absolute atomic E-state index is 0.104. The first-order chi connectivity index (χ1) is 9.60. The molecule has 1 aromatic heterocycles. The van der Waals surface area contributed by atoms with E-state index in [0.29, 0.717) is 12.5 Å². The monoisotopic (exact) mass is 278 g/mol. The maximum Gasteiger partial charge on any atom is 0.315 e. The second-order valence-corrected chi connectivity index (χ2v) is 6.01. The molecular formula is C14H22N4O2. The van der Waals surface area contributed by atoms with Crippen LogP contribution in [0.25, 0.3) is 0 Å². The van der Waals surface area contributed by atoms with Crippen LogP contribution in [0.4, 0.5) is 4.79 Å². The summed E-state index contributed by atoms with van der Waals surface area (Å²) in [6, 6.07) is -0.252. The lowest BCUT2D eigenvalue weighted by atomic mass is 9.98. The molecular weight excluding hydrogens is 256 g/mol. The van der Waals surface area contributed by atoms with Crippen molar-refractivity contribution < 1.29 is 9.90 Å². The molecule has 0 saturated heterocycles. The third-order valence-electron chi connectivity index (χ3n) is 4.60. The van der Waals surface area contributed by atoms with Crippen LogP contribution in [0.2, 0.25) is 0 Å². The van der Waals surface area contributed by atoms with E-state index in [9.17, 15) is 9.90 Å². The second-order valence-electron chi connectivity index (χ2n) is 6.01. The molecule has 0 aliphatic carbocycles. The molecule has 0 spiro atoms. The highest BCUT2D eigenvalue weighted by molar-refractivity contribution is 5.72. The van der Waals surface area contributed by atoms with Gasteiger partial charge in [-0.25, -0.2) is 4.79 Å². The minimum atomic E-state index is -0.357. The normalized spacial score (nSPS) is 25.8. The van der Waals surface area contributed by atoms with E-state index in [4.69, 9.17) is 10.8 Å². The molecule has 3 rings (SSSR count). The molecule has 2 unspecified atom stereocenters. The average Bonchev–Trinajstić information content (AvgIpc) is 2.60. The van der Waals surface area contributed by atoms with Gasteiger partial charge in [-0.3, -0.25) is 4.68 Å². The smallest absolute Gasteiger partial charge is 0.315 e. The molecule has 2 amide bonds. The molecule has 6 nitrogen and oxygen atoms in total. The Bertz CT molecular complexity index is 525. The molecule has 0 bridgehead atoms. The maximum atomic E-state index is 11.5. The number of primary amides is 1. The highest BCUT2D eigenvalue weighted by Crippen LogP contribution is 2.29. The first-order valence-electron chi connectivity index (χ1n) is 7.34. The summed E-state index contributed by atoms with van der Waals surface area (Å²) in [5, 5.41) is 14.1. The Morgan fingerprint density at radius 2 is 2.35 bits per heavy atom. The lowest BCUT2D eigenvalue weighted by Gasteiger charge is -2.31. The van der Waals surface area contributed by atoms with Crippen molar-refractivity contribution in [3.8, 4) is 0 Å². The van der Waals surface area contributed by atoms with E-state index in [2.05, 4.69) is 4.68 Å². The Kier molecular flexibility index (Phi) is 3.41. The zero-order chi connectivity index (χ0) is 14.3. The summed E-state index contributed by atoms with van der Waals surface area (Å²) in [4.78, 5) is 13.2. The Morgan fingerprint density at radius 1 is 1.55 bits per heavy atom. The fraction of sp³-hybridized carbons (Fsp3) is 0.714. The Balaban J connectivity index is 1.94. The summed E-state index contributed by atoms with van der Waals surface area (Å²) < 4.78 is 2.05. The van der Waals surface area contributed by atoms with Gasteiger partial charge in [0, 0.05) is 42.8 Å². The molecule has 1 aromatic rings. The van der Waals surface area contributed by atoms with Crippen LogP contribution in [0.15, 0.2) is 0 Å². The van der Waals surface area contributed by atoms with E-state index < -0.39 is 0 Å². The number of rotatable bonds is 1. The fourth-order valence-corrected chi connectivity index (χ4v) is 3.42. The van der Waals surface area contributed by atoms with Crippen molar-refractivity contribution in [2.45, 2.75) is 51.7 Å². The average molecular weight is 278 g/mol. The molecule has 6 heteroatoms. The van der Waals surface area contributed by atoms with Crippen LogP contribution >= 0.6 is 0 Å². The number of nitrogens with zero attached hydrogens (tertiary/aromatic N) is 3. The molecule has 0 radical (unpaired) electrons. The predicted molar refractivity (Wildman–Crippen MR) is 74.0 cm³/mol. The fourth-order valence-electron chi connectivity index (χ4n) is 3.42. The highest BCUT2D eigenvalue weighted by Gasteiger charge is 2.31. The molecule has 2 aliphatic heterocycles. The zero-order valence-corrected chi connectivity index (χ0v) is 11.9. The van der Waals surface area contributed by atoms with Gasteiger partial charge in [0.15, 0.2) is 0 Å². The number of nitrogens with two attached hydrogens (primary N) is 1. The number of fused-ring (bicyclic) bond motifs is 3. The molecule has 3 N–H and O–H groups in total. The quantitative estimate of drug-likeness (QED) is 0.791. The molecule has 3 heterocycles. The van der Waals surface area contributed by atoms with Crippen LogP contribution in [0.5, 0.6) is 0 Å². The van der Waals surface area contributed by atoms with Crippen LogP contribution in [-0.4, -0.2) is 38.5 Å². The van der Waals surface area contributed by atoms with E-state index >= 15 is 0 Å². The molecule has 2 atom stereocenters. The minimum Gasteiger partial charge on any atom is -0.396 e. The third kappa shape index (κ3) is 2.18. The van der Waals surface area contributed by atoms with Crippen molar-refractivity contribution in [1.29, 1.82) is 0 Å². The van der Waals surface area contributed by atoms with Gasteiger partial charge in [-0.1, -0.05) is 0 Å². The molecule has 0 fully saturated rings. The summed E-state index contributed by atoms with van der Waals surface area (Å²) >= 11 is 0. The van der Waals surface area contributed by atoms with Crippen molar-refractivity contribution >= 4 is 6.03 Å². The number of urea groups is 1. The van der Waals surface area contributed by atoms with Crippen molar-refractivity contribution in [2.75, 3.05) is 6.61 Å². The molecule has 110 valence electrons. The Morgan fingerprint density at radius 3 is 3.05 bits per heavy atom. The van der Waals surface area contributed by atoms with Crippen LogP contribution in [0.3, 0.4) is 0 Å². The van der Waals surface area contributed by atoms with Gasteiger partial charge in [0.25, 0.3) is 0 Å². The van der Waals surface area contributed by atoms with Gasteiger partial charge < -0.3 is 15.7 Å². The number of hydrogen-bond acceptors (Lipinski definition) is 3. The van der Waals surface area contributed by atoms with Crippen LogP contribution < -0.4 is 5.73 Å². The number of amides is 2. The molecule has 2 aliphatic rings. The molecule has 0 aromatic carbocycles. The van der Waals surface area contributed by atoms with E-state index in [-0.39, 0.29) is 18.7 Å². The largest absolute Gasteiger partial charge is 0.396 e. The second kappa shape index (κ2) is 5.09. The molecule has 0 saturated carbocycles. The maximum absolute atomic E-state index is 11.5. The van der Waals surface area contributed by atoms with Gasteiger partial charge in [-0.2, -0.15) is 5.10 Å². The van der Waals surface area contributed by atoms with Gasteiger partial charge >= 0.3 is 6.03 Å². The number of carbonyl (C=O) groups is 1. The lowest BCUT2D eigenvalue weighted by Crippen LogP contribution is -2.45. The summed E-state index contributed by atoms with van der Waals surface area (Å²) in [5.74, 6) is 0.294. The zero-order valence-electron chi connectivity index (χ0n) is 11.9. The SMILES string of the molecule is CC1Cc2nn3c(c2CN1C(N)=O)CCCC(CO)C3. The number of aliphatic hydroxyl groups is 1. The lowest BCUT2D eigenvalue weighted by molar-refractivity contribution is 0.177. The summed E-state index contributed by atoms with van der Waals surface area (Å²) in [7, 11) is 0. The predicted octanol–water partition coefficient (Wildman–Crippen LogP) is 0.653. The Labute approximate surface area is 118 Å². The van der Waals surface area contributed by atoms with E-state index in [1.807, 2.05) is 6.92 Å². The van der Waals surface area contributed by atoms with E-state index in [1.54, 1.807) is 4.90 Å². The molecule has 20 heavy (non-hydrogen) atoms. The third-order valence-corrected chi connectivity index (χ3v) is 4.60. The van der Waals surface area contributed by atoms with Crippen molar-refractivity contribution in [1.82, 2.24) is 14.7 Å². The number of carbonyl (C=O) groups excluding carboxylic acids is 1. The van der Waals surface area contributed by atoms with Crippen molar-refractivity contribution in [3.63, 3.8) is 0 Å². The topological polar surface area (TPSA) is 84.4 Å². The van der Waals surface area contributed by atoms with Gasteiger partial charge in [-0.15, -0.1) is 0 Å². The van der Waals surface area contributed by atoms with Crippen LogP contribution in [0, 0.1) is 5.92 Å². The van der Waals surface area contributed by atoms with E-state index in [0.717, 1.165) is 37.9 Å². The van der Waals surface area contributed by atoms with Crippen LogP contribution in [-0.2, 0) is 25.9 Å². The van der Waals surface area contributed by atoms with Gasteiger partial charge in [-0.05, 0) is 26.2 Å². The summed E-state index contributed by atoms with van der Waals surface area (Å²) in [6.07, 6.45) is 3.84. The van der Waals surface area contributed by atoms with Gasteiger partial charge in [0.1, 0.15) is 0 Å². The standard InChI is InChI=1S/C14H22N4O2/c1-9-5-12-11(7-17(9)14(15)20)13-4-2-3-10(8-19)6-18(13)16-12/h9-10,19H,2-8H2,1H3,(H2,15,20). The van der Waals surface area contributed by atoms with Crippen molar-refractivity contribution in [3.05, 3.63) is 17.0 Å². The number of hydrogen-bond donors (Lipinski definition) is 2. The first kappa shape index (κ1) is 13.4. The first-order valence-corrected chi connectivity index (χ1v) is 7.34. The highest BCUT2D eigenvalue weighted by atomic mass is 16.3.